The molecule has 2 aromatic carbocycles. The van der Waals surface area contributed by atoms with Crippen LogP contribution in [0.15, 0.2) is 48.5 Å². The van der Waals surface area contributed by atoms with Gasteiger partial charge in [-0.2, -0.15) is 0 Å². The zero-order valence-corrected chi connectivity index (χ0v) is 12.9. The second-order valence-corrected chi connectivity index (χ2v) is 5.67. The summed E-state index contributed by atoms with van der Waals surface area (Å²) in [6.45, 7) is 2.05. The van der Waals surface area contributed by atoms with E-state index in [4.69, 9.17) is 0 Å². The minimum Gasteiger partial charge on any atom is -0.305 e. The molecule has 0 aliphatic carbocycles. The second kappa shape index (κ2) is 6.20. The number of hydrogen-bond donors (Lipinski definition) is 0. The predicted octanol–water partition coefficient (Wildman–Crippen LogP) is 4.03. The van der Waals surface area contributed by atoms with E-state index in [0.29, 0.717) is 12.8 Å². The van der Waals surface area contributed by atoms with E-state index in [1.165, 1.54) is 6.07 Å². The van der Waals surface area contributed by atoms with Crippen LogP contribution in [0.3, 0.4) is 0 Å². The second-order valence-electron chi connectivity index (χ2n) is 5.67. The van der Waals surface area contributed by atoms with Gasteiger partial charge >= 0.3 is 0 Å². The Labute approximate surface area is 134 Å². The summed E-state index contributed by atoms with van der Waals surface area (Å²) < 4.78 is 0. The lowest BCUT2D eigenvalue weighted by Gasteiger charge is -2.36. The van der Waals surface area contributed by atoms with E-state index in [2.05, 4.69) is 0 Å². The first-order chi connectivity index (χ1) is 11.1. The lowest BCUT2D eigenvalue weighted by Crippen LogP contribution is -2.38. The zero-order chi connectivity index (χ0) is 16.4. The van der Waals surface area contributed by atoms with E-state index in [1.807, 2.05) is 37.3 Å². The number of nitro groups is 1. The lowest BCUT2D eigenvalue weighted by atomic mass is 9.95. The summed E-state index contributed by atoms with van der Waals surface area (Å²) in [5.74, 6) is 0.0713. The molecule has 0 N–H and O–H groups in total. The average molecular weight is 310 g/mol. The first-order valence-electron chi connectivity index (χ1n) is 7.76. The molecule has 1 heterocycles. The topological polar surface area (TPSA) is 63.5 Å². The maximum atomic E-state index is 12.5. The van der Waals surface area contributed by atoms with Crippen LogP contribution >= 0.6 is 0 Å². The van der Waals surface area contributed by atoms with Crippen molar-refractivity contribution >= 4 is 17.3 Å². The lowest BCUT2D eigenvalue weighted by molar-refractivity contribution is -0.384. The quantitative estimate of drug-likeness (QED) is 0.632. The number of anilines is 1. The molecule has 5 heteroatoms. The van der Waals surface area contributed by atoms with Crippen molar-refractivity contribution in [1.82, 2.24) is 0 Å². The number of aryl methyl sites for hydroxylation is 1. The van der Waals surface area contributed by atoms with Gasteiger partial charge < -0.3 is 4.90 Å². The Bertz CT molecular complexity index is 743. The molecule has 0 saturated carbocycles. The van der Waals surface area contributed by atoms with E-state index in [9.17, 15) is 14.9 Å². The van der Waals surface area contributed by atoms with Crippen molar-refractivity contribution in [1.29, 1.82) is 0 Å². The summed E-state index contributed by atoms with van der Waals surface area (Å²) in [6, 6.07) is 14.6. The number of carbonyl (C=O) groups excluding carboxylic acids is 1. The molecular formula is C18H18N2O3. The largest absolute Gasteiger partial charge is 0.305 e. The van der Waals surface area contributed by atoms with E-state index in [1.54, 1.807) is 17.0 Å². The van der Waals surface area contributed by atoms with Crippen LogP contribution < -0.4 is 4.90 Å². The van der Waals surface area contributed by atoms with Gasteiger partial charge in [0.1, 0.15) is 0 Å². The predicted molar refractivity (Wildman–Crippen MR) is 88.4 cm³/mol. The van der Waals surface area contributed by atoms with Gasteiger partial charge in [-0.3, -0.25) is 14.9 Å². The highest BCUT2D eigenvalue weighted by Gasteiger charge is 2.31. The van der Waals surface area contributed by atoms with Crippen molar-refractivity contribution in [2.45, 2.75) is 32.2 Å². The summed E-state index contributed by atoms with van der Waals surface area (Å²) in [5, 5.41) is 11.0. The SMILES string of the molecule is CCC(c1ccccc1)N1C(=O)CCc2cc([N+](=O)[O-])ccc21. The molecule has 0 radical (unpaired) electrons. The van der Waals surface area contributed by atoms with Crippen LogP contribution in [0.4, 0.5) is 11.4 Å². The van der Waals surface area contributed by atoms with Crippen molar-refractivity contribution in [3.63, 3.8) is 0 Å². The number of benzene rings is 2. The average Bonchev–Trinajstić information content (AvgIpc) is 2.58. The van der Waals surface area contributed by atoms with Crippen molar-refractivity contribution in [3.05, 3.63) is 69.8 Å². The Morgan fingerprint density at radius 1 is 1.17 bits per heavy atom. The van der Waals surface area contributed by atoms with Gasteiger partial charge in [-0.15, -0.1) is 0 Å². The van der Waals surface area contributed by atoms with Crippen molar-refractivity contribution in [2.24, 2.45) is 0 Å². The molecule has 0 fully saturated rings. The summed E-state index contributed by atoms with van der Waals surface area (Å²) in [4.78, 5) is 24.9. The summed E-state index contributed by atoms with van der Waals surface area (Å²) in [6.07, 6.45) is 1.72. The Balaban J connectivity index is 2.06. The summed E-state index contributed by atoms with van der Waals surface area (Å²) in [5.41, 5.74) is 2.82. The number of nitro benzene ring substituents is 1. The van der Waals surface area contributed by atoms with Gasteiger partial charge in [0, 0.05) is 24.2 Å². The third-order valence-corrected chi connectivity index (χ3v) is 4.29. The molecule has 5 nitrogen and oxygen atoms in total. The highest BCUT2D eigenvalue weighted by molar-refractivity contribution is 5.97. The van der Waals surface area contributed by atoms with Gasteiger partial charge in [-0.05, 0) is 30.0 Å². The van der Waals surface area contributed by atoms with Gasteiger partial charge in [-0.25, -0.2) is 0 Å². The molecule has 2 aromatic rings. The highest BCUT2D eigenvalue weighted by Crippen LogP contribution is 2.37. The van der Waals surface area contributed by atoms with Crippen LogP contribution in [-0.4, -0.2) is 10.8 Å². The number of fused-ring (bicyclic) bond motifs is 1. The summed E-state index contributed by atoms with van der Waals surface area (Å²) >= 11 is 0. The fraction of sp³-hybridized carbons (Fsp3) is 0.278. The van der Waals surface area contributed by atoms with Crippen LogP contribution in [0.2, 0.25) is 0 Å². The number of hydrogen-bond acceptors (Lipinski definition) is 3. The number of rotatable bonds is 4. The monoisotopic (exact) mass is 310 g/mol. The van der Waals surface area contributed by atoms with Gasteiger partial charge in [0.2, 0.25) is 5.91 Å². The van der Waals surface area contributed by atoms with Crippen LogP contribution in [-0.2, 0) is 11.2 Å². The van der Waals surface area contributed by atoms with Gasteiger partial charge in [0.25, 0.3) is 5.69 Å². The van der Waals surface area contributed by atoms with Crippen LogP contribution in [0.25, 0.3) is 0 Å². The normalized spacial score (nSPS) is 15.2. The van der Waals surface area contributed by atoms with Crippen molar-refractivity contribution < 1.29 is 9.72 Å². The minimum absolute atomic E-state index is 0.0517. The molecule has 0 aromatic heterocycles. The van der Waals surface area contributed by atoms with Crippen LogP contribution in [0.1, 0.15) is 36.9 Å². The first-order valence-corrected chi connectivity index (χ1v) is 7.76. The molecule has 3 rings (SSSR count). The molecule has 1 atom stereocenters. The fourth-order valence-corrected chi connectivity index (χ4v) is 3.20. The Morgan fingerprint density at radius 3 is 2.57 bits per heavy atom. The van der Waals surface area contributed by atoms with E-state index in [0.717, 1.165) is 23.2 Å². The smallest absolute Gasteiger partial charge is 0.269 e. The first kappa shape index (κ1) is 15.2. The van der Waals surface area contributed by atoms with Crippen LogP contribution in [0.5, 0.6) is 0 Å². The Morgan fingerprint density at radius 2 is 1.91 bits per heavy atom. The molecule has 1 amide bonds. The van der Waals surface area contributed by atoms with E-state index in [-0.39, 0.29) is 17.6 Å². The van der Waals surface area contributed by atoms with Gasteiger partial charge in [0.15, 0.2) is 0 Å². The molecule has 0 spiro atoms. The molecule has 1 aliphatic heterocycles. The molecule has 0 saturated heterocycles. The van der Waals surface area contributed by atoms with Crippen molar-refractivity contribution in [3.8, 4) is 0 Å². The van der Waals surface area contributed by atoms with Gasteiger partial charge in [-0.1, -0.05) is 37.3 Å². The van der Waals surface area contributed by atoms with Crippen LogP contribution in [0, 0.1) is 10.1 Å². The van der Waals surface area contributed by atoms with Crippen molar-refractivity contribution in [2.75, 3.05) is 4.90 Å². The summed E-state index contributed by atoms with van der Waals surface area (Å²) in [7, 11) is 0. The highest BCUT2D eigenvalue weighted by atomic mass is 16.6. The Hall–Kier alpha value is -2.69. The number of nitrogens with zero attached hydrogens (tertiary/aromatic N) is 2. The molecular weight excluding hydrogens is 292 g/mol. The van der Waals surface area contributed by atoms with E-state index >= 15 is 0 Å². The number of non-ortho nitro benzene ring substituents is 1. The zero-order valence-electron chi connectivity index (χ0n) is 12.9. The number of carbonyl (C=O) groups is 1. The molecule has 1 aliphatic rings. The standard InChI is InChI=1S/C18H18N2O3/c1-2-16(13-6-4-3-5-7-13)19-17-10-9-15(20(22)23)12-14(17)8-11-18(19)21/h3-7,9-10,12,16H,2,8,11H2,1H3. The number of amides is 1. The molecule has 1 unspecified atom stereocenters. The minimum atomic E-state index is -0.393. The molecule has 23 heavy (non-hydrogen) atoms. The molecule has 118 valence electrons. The molecule has 0 bridgehead atoms. The maximum absolute atomic E-state index is 12.5. The van der Waals surface area contributed by atoms with E-state index < -0.39 is 4.92 Å². The third kappa shape index (κ3) is 2.82. The Kier molecular flexibility index (Phi) is 4.10. The fourth-order valence-electron chi connectivity index (χ4n) is 3.20. The maximum Gasteiger partial charge on any atom is 0.269 e. The third-order valence-electron chi connectivity index (χ3n) is 4.29. The van der Waals surface area contributed by atoms with Gasteiger partial charge in [0.05, 0.1) is 11.0 Å².